The largest absolute Gasteiger partial charge is 0.497 e. The number of nitrogens with one attached hydrogen (secondary N) is 4. The quantitative estimate of drug-likeness (QED) is 0.396. The molecule has 0 saturated heterocycles. The van der Waals surface area contributed by atoms with Crippen molar-refractivity contribution < 1.29 is 14.3 Å². The molecule has 0 unspecified atom stereocenters. The summed E-state index contributed by atoms with van der Waals surface area (Å²) in [5, 5.41) is 11.6. The van der Waals surface area contributed by atoms with E-state index < -0.39 is 0 Å². The van der Waals surface area contributed by atoms with Gasteiger partial charge in [-0.15, -0.1) is 0 Å². The van der Waals surface area contributed by atoms with Gasteiger partial charge >= 0.3 is 0 Å². The number of carbonyl (C=O) groups excluding carboxylic acids is 2. The molecule has 0 aromatic heterocycles. The lowest BCUT2D eigenvalue weighted by molar-refractivity contribution is -0.121. The Morgan fingerprint density at radius 1 is 1.04 bits per heavy atom. The van der Waals surface area contributed by atoms with Crippen LogP contribution in [0, 0.1) is 0 Å². The summed E-state index contributed by atoms with van der Waals surface area (Å²) in [7, 11) is 1.61. The topological polar surface area (TPSA) is 104 Å². The second-order valence-electron chi connectivity index (χ2n) is 6.97. The van der Waals surface area contributed by atoms with Gasteiger partial charge in [0.25, 0.3) is 0 Å². The van der Waals surface area contributed by atoms with Crippen molar-refractivity contribution in [1.82, 2.24) is 21.3 Å². The highest BCUT2D eigenvalue weighted by Gasteiger charge is 2.13. The average molecular weight is 377 g/mol. The van der Waals surface area contributed by atoms with Gasteiger partial charge in [0.05, 0.1) is 13.7 Å². The molecule has 0 saturated carbocycles. The Hall–Kier alpha value is -2.77. The molecule has 0 spiro atoms. The molecule has 27 heavy (non-hydrogen) atoms. The fourth-order valence-corrected chi connectivity index (χ4v) is 2.12. The van der Waals surface area contributed by atoms with E-state index in [2.05, 4.69) is 26.3 Å². The molecule has 0 bridgehead atoms. The Kier molecular flexibility index (Phi) is 9.12. The van der Waals surface area contributed by atoms with Crippen molar-refractivity contribution in [2.45, 2.75) is 39.8 Å². The van der Waals surface area contributed by atoms with Gasteiger partial charge in [-0.1, -0.05) is 12.1 Å². The normalized spacial score (nSPS) is 11.5. The Labute approximate surface area is 161 Å². The van der Waals surface area contributed by atoms with Crippen molar-refractivity contribution in [3.63, 3.8) is 0 Å². The third-order valence-electron chi connectivity index (χ3n) is 3.30. The first kappa shape index (κ1) is 22.3. The van der Waals surface area contributed by atoms with E-state index >= 15 is 0 Å². The highest BCUT2D eigenvalue weighted by Crippen LogP contribution is 2.10. The summed E-state index contributed by atoms with van der Waals surface area (Å²) in [6.45, 7) is 8.73. The molecular weight excluding hydrogens is 346 g/mol. The van der Waals surface area contributed by atoms with Crippen LogP contribution in [0.1, 0.15) is 33.3 Å². The number of hydrogen-bond donors (Lipinski definition) is 4. The predicted octanol–water partition coefficient (Wildman–Crippen LogP) is 0.781. The number of methoxy groups -OCH3 is 1. The molecule has 0 atom stereocenters. The minimum atomic E-state index is -0.306. The Morgan fingerprint density at radius 3 is 2.26 bits per heavy atom. The van der Waals surface area contributed by atoms with Crippen LogP contribution in [0.5, 0.6) is 5.75 Å². The molecule has 1 aromatic rings. The van der Waals surface area contributed by atoms with E-state index in [0.29, 0.717) is 19.0 Å². The summed E-state index contributed by atoms with van der Waals surface area (Å²) < 4.78 is 5.10. The SMILES string of the molecule is CCNC(=NCC(=O)NC(C)(C)C)NCC(=O)NCc1ccc(OC)cc1. The highest BCUT2D eigenvalue weighted by atomic mass is 16.5. The standard InChI is InChI=1S/C19H31N5O3/c1-6-20-18(23-13-17(26)24-19(2,3)4)22-12-16(25)21-11-14-7-9-15(27-5)10-8-14/h7-10H,6,11-13H2,1-5H3,(H,21,25)(H,24,26)(H2,20,22,23). The monoisotopic (exact) mass is 377 g/mol. The first-order chi connectivity index (χ1) is 12.7. The molecule has 2 amide bonds. The minimum absolute atomic E-state index is 0.0138. The molecule has 0 heterocycles. The molecule has 0 radical (unpaired) electrons. The summed E-state index contributed by atoms with van der Waals surface area (Å²) in [5.41, 5.74) is 0.670. The van der Waals surface area contributed by atoms with E-state index in [1.165, 1.54) is 0 Å². The number of hydrogen-bond acceptors (Lipinski definition) is 4. The zero-order chi connectivity index (χ0) is 20.3. The number of benzene rings is 1. The number of nitrogens with zero attached hydrogens (tertiary/aromatic N) is 1. The van der Waals surface area contributed by atoms with Gasteiger partial charge in [0, 0.05) is 18.6 Å². The molecule has 8 heteroatoms. The van der Waals surface area contributed by atoms with Gasteiger partial charge in [0.2, 0.25) is 11.8 Å². The first-order valence-corrected chi connectivity index (χ1v) is 8.96. The second kappa shape index (κ2) is 11.1. The lowest BCUT2D eigenvalue weighted by atomic mass is 10.1. The van der Waals surface area contributed by atoms with Crippen molar-refractivity contribution in [2.75, 3.05) is 26.7 Å². The number of ether oxygens (including phenoxy) is 1. The lowest BCUT2D eigenvalue weighted by Crippen LogP contribution is -2.45. The fourth-order valence-electron chi connectivity index (χ4n) is 2.12. The molecule has 0 aliphatic heterocycles. The van der Waals surface area contributed by atoms with Crippen LogP contribution in [-0.2, 0) is 16.1 Å². The van der Waals surface area contributed by atoms with Crippen LogP contribution in [0.15, 0.2) is 29.3 Å². The summed E-state index contributed by atoms with van der Waals surface area (Å²) >= 11 is 0. The average Bonchev–Trinajstić information content (AvgIpc) is 2.61. The molecule has 4 N–H and O–H groups in total. The molecular formula is C19H31N5O3. The van der Waals surface area contributed by atoms with E-state index in [-0.39, 0.29) is 30.4 Å². The van der Waals surface area contributed by atoms with Crippen molar-refractivity contribution in [2.24, 2.45) is 4.99 Å². The second-order valence-corrected chi connectivity index (χ2v) is 6.97. The van der Waals surface area contributed by atoms with Crippen molar-refractivity contribution >= 4 is 17.8 Å². The van der Waals surface area contributed by atoms with Gasteiger partial charge in [-0.2, -0.15) is 0 Å². The number of carbonyl (C=O) groups is 2. The minimum Gasteiger partial charge on any atom is -0.497 e. The van der Waals surface area contributed by atoms with Crippen molar-refractivity contribution in [3.8, 4) is 5.75 Å². The third kappa shape index (κ3) is 10.1. The Morgan fingerprint density at radius 2 is 1.70 bits per heavy atom. The van der Waals surface area contributed by atoms with Crippen molar-refractivity contribution in [3.05, 3.63) is 29.8 Å². The molecule has 0 aliphatic rings. The fraction of sp³-hybridized carbons (Fsp3) is 0.526. The smallest absolute Gasteiger partial charge is 0.242 e. The maximum absolute atomic E-state index is 12.0. The van der Waals surface area contributed by atoms with Crippen LogP contribution in [-0.4, -0.2) is 50.1 Å². The maximum Gasteiger partial charge on any atom is 0.242 e. The number of aliphatic imine (C=N–C) groups is 1. The van der Waals surface area contributed by atoms with E-state index in [4.69, 9.17) is 4.74 Å². The maximum atomic E-state index is 12.0. The molecule has 150 valence electrons. The number of guanidine groups is 1. The van der Waals surface area contributed by atoms with Gasteiger partial charge in [0.15, 0.2) is 5.96 Å². The van der Waals surface area contributed by atoms with E-state index in [1.54, 1.807) is 7.11 Å². The van der Waals surface area contributed by atoms with Gasteiger partial charge in [-0.25, -0.2) is 4.99 Å². The van der Waals surface area contributed by atoms with Gasteiger partial charge in [0.1, 0.15) is 12.3 Å². The molecule has 0 fully saturated rings. The lowest BCUT2D eigenvalue weighted by Gasteiger charge is -2.20. The summed E-state index contributed by atoms with van der Waals surface area (Å²) in [6.07, 6.45) is 0. The van der Waals surface area contributed by atoms with Crippen LogP contribution in [0.2, 0.25) is 0 Å². The molecule has 8 nitrogen and oxygen atoms in total. The summed E-state index contributed by atoms with van der Waals surface area (Å²) in [4.78, 5) is 28.1. The van der Waals surface area contributed by atoms with Crippen LogP contribution in [0.4, 0.5) is 0 Å². The molecule has 1 aromatic carbocycles. The first-order valence-electron chi connectivity index (χ1n) is 8.96. The number of amides is 2. The van der Waals surface area contributed by atoms with Crippen LogP contribution >= 0.6 is 0 Å². The van der Waals surface area contributed by atoms with Gasteiger partial charge < -0.3 is 26.0 Å². The summed E-state index contributed by atoms with van der Waals surface area (Å²) in [6, 6.07) is 7.48. The van der Waals surface area contributed by atoms with Crippen LogP contribution in [0.25, 0.3) is 0 Å². The van der Waals surface area contributed by atoms with E-state index in [0.717, 1.165) is 11.3 Å². The number of rotatable bonds is 8. The molecule has 0 aliphatic carbocycles. The zero-order valence-corrected chi connectivity index (χ0v) is 16.8. The summed E-state index contributed by atoms with van der Waals surface area (Å²) in [5.74, 6) is 0.842. The van der Waals surface area contributed by atoms with Gasteiger partial charge in [-0.05, 0) is 45.4 Å². The Balaban J connectivity index is 2.44. The van der Waals surface area contributed by atoms with Crippen LogP contribution < -0.4 is 26.0 Å². The Bertz CT molecular complexity index is 636. The highest BCUT2D eigenvalue weighted by molar-refractivity contribution is 5.88. The van der Waals surface area contributed by atoms with Crippen molar-refractivity contribution in [1.29, 1.82) is 0 Å². The predicted molar refractivity (Wildman–Crippen MR) is 107 cm³/mol. The van der Waals surface area contributed by atoms with Crippen LogP contribution in [0.3, 0.4) is 0 Å². The van der Waals surface area contributed by atoms with Gasteiger partial charge in [-0.3, -0.25) is 9.59 Å². The molecule has 1 rings (SSSR count). The van der Waals surface area contributed by atoms with E-state index in [1.807, 2.05) is 52.0 Å². The zero-order valence-electron chi connectivity index (χ0n) is 16.8. The van der Waals surface area contributed by atoms with E-state index in [9.17, 15) is 9.59 Å². The third-order valence-corrected chi connectivity index (χ3v) is 3.30.